The molecular weight excluding hydrogens is 495 g/mol. The second kappa shape index (κ2) is 10.4. The third-order valence-electron chi connectivity index (χ3n) is 4.67. The Morgan fingerprint density at radius 3 is 2.61 bits per heavy atom. The Labute approximate surface area is 197 Å². The van der Waals surface area contributed by atoms with Gasteiger partial charge in [0.2, 0.25) is 5.91 Å². The molecule has 4 rings (SSSR count). The van der Waals surface area contributed by atoms with Crippen LogP contribution in [0.2, 0.25) is 0 Å². The van der Waals surface area contributed by atoms with Crippen molar-refractivity contribution in [3.63, 3.8) is 0 Å². The molecule has 3 aromatic carbocycles. The Balaban J connectivity index is 1.46. The smallest absolute Gasteiger partial charge is 0.229 e. The molecule has 4 aromatic rings. The molecule has 0 radical (unpaired) electrons. The molecule has 0 unspecified atom stereocenters. The van der Waals surface area contributed by atoms with E-state index in [4.69, 9.17) is 4.98 Å². The number of carbonyl (C=O) groups is 1. The minimum Gasteiger partial charge on any atom is -0.284 e. The van der Waals surface area contributed by atoms with Crippen molar-refractivity contribution in [2.45, 2.75) is 24.3 Å². The number of rotatable bonds is 8. The highest BCUT2D eigenvalue weighted by atomic mass is 79.9. The van der Waals surface area contributed by atoms with Gasteiger partial charge in [-0.15, -0.1) is 11.8 Å². The number of fused-ring (bicyclic) bond motifs is 1. The first-order valence-electron chi connectivity index (χ1n) is 9.87. The Bertz CT molecular complexity index is 1170. The van der Waals surface area contributed by atoms with E-state index < -0.39 is 0 Å². The Morgan fingerprint density at radius 2 is 1.84 bits per heavy atom. The molecule has 3 nitrogen and oxygen atoms in total. The lowest BCUT2D eigenvalue weighted by molar-refractivity contribution is -0.118. The van der Waals surface area contributed by atoms with Gasteiger partial charge in [0.15, 0.2) is 5.13 Å². The Morgan fingerprint density at radius 1 is 1.06 bits per heavy atom. The summed E-state index contributed by atoms with van der Waals surface area (Å²) in [6, 6.07) is 22.4. The molecule has 1 amide bonds. The number of thioether (sulfide) groups is 1. The largest absolute Gasteiger partial charge is 0.284 e. The monoisotopic (exact) mass is 514 g/mol. The number of amides is 1. The van der Waals surface area contributed by atoms with Crippen LogP contribution in [-0.2, 0) is 11.3 Å². The van der Waals surface area contributed by atoms with E-state index >= 15 is 0 Å². The fourth-order valence-electron chi connectivity index (χ4n) is 3.11. The van der Waals surface area contributed by atoms with Crippen LogP contribution in [0, 0.1) is 5.82 Å². The van der Waals surface area contributed by atoms with Crippen LogP contribution in [0.5, 0.6) is 0 Å². The van der Waals surface area contributed by atoms with Crippen LogP contribution < -0.4 is 4.90 Å². The fraction of sp³-hybridized carbons (Fsp3) is 0.167. The molecule has 0 bridgehead atoms. The van der Waals surface area contributed by atoms with Crippen molar-refractivity contribution in [3.05, 3.63) is 88.6 Å². The third kappa shape index (κ3) is 5.93. The van der Waals surface area contributed by atoms with E-state index in [-0.39, 0.29) is 11.7 Å². The lowest BCUT2D eigenvalue weighted by atomic mass is 10.2. The van der Waals surface area contributed by atoms with Gasteiger partial charge in [0.05, 0.1) is 16.8 Å². The number of aromatic nitrogens is 1. The van der Waals surface area contributed by atoms with Gasteiger partial charge >= 0.3 is 0 Å². The first-order valence-corrected chi connectivity index (χ1v) is 12.5. The van der Waals surface area contributed by atoms with E-state index in [9.17, 15) is 9.18 Å². The molecule has 1 heterocycles. The highest BCUT2D eigenvalue weighted by Crippen LogP contribution is 2.32. The van der Waals surface area contributed by atoms with Gasteiger partial charge < -0.3 is 0 Å². The number of halogens is 2. The number of nitrogens with zero attached hydrogens (tertiary/aromatic N) is 2. The number of anilines is 1. The van der Waals surface area contributed by atoms with Crippen molar-refractivity contribution >= 4 is 60.3 Å². The quantitative estimate of drug-likeness (QED) is 0.182. The zero-order chi connectivity index (χ0) is 21.6. The molecule has 31 heavy (non-hydrogen) atoms. The molecule has 0 atom stereocenters. The van der Waals surface area contributed by atoms with E-state index in [1.165, 1.54) is 23.5 Å². The van der Waals surface area contributed by atoms with E-state index in [0.717, 1.165) is 37.3 Å². The molecule has 0 saturated carbocycles. The zero-order valence-corrected chi connectivity index (χ0v) is 19.9. The van der Waals surface area contributed by atoms with Crippen molar-refractivity contribution in [2.75, 3.05) is 10.7 Å². The molecule has 1 aromatic heterocycles. The van der Waals surface area contributed by atoms with Gasteiger partial charge in [-0.3, -0.25) is 9.69 Å². The minimum atomic E-state index is -0.237. The summed E-state index contributed by atoms with van der Waals surface area (Å²) in [5.74, 6) is 0.615. The topological polar surface area (TPSA) is 33.2 Å². The van der Waals surface area contributed by atoms with Crippen LogP contribution in [0.15, 0.2) is 82.2 Å². The minimum absolute atomic E-state index is 0.0571. The van der Waals surface area contributed by atoms with Crippen LogP contribution in [-0.4, -0.2) is 16.6 Å². The molecule has 0 saturated heterocycles. The summed E-state index contributed by atoms with van der Waals surface area (Å²) in [4.78, 5) is 20.7. The summed E-state index contributed by atoms with van der Waals surface area (Å²) >= 11 is 6.66. The summed E-state index contributed by atoms with van der Waals surface area (Å²) in [6.45, 7) is 0.492. The van der Waals surface area contributed by atoms with Crippen LogP contribution in [0.25, 0.3) is 10.2 Å². The molecule has 0 spiro atoms. The standard InChI is InChI=1S/C24H20BrFN2OS2/c25-18-8-13-21-22(15-18)31-24(27-21)28(16-17-5-2-1-3-6-17)23(29)7-4-14-30-20-11-9-19(26)10-12-20/h1-3,5-6,8-13,15H,4,7,14,16H2. The van der Waals surface area contributed by atoms with Gasteiger partial charge in [-0.1, -0.05) is 57.6 Å². The van der Waals surface area contributed by atoms with Gasteiger partial charge in [-0.25, -0.2) is 9.37 Å². The molecular formula is C24H20BrFN2OS2. The maximum absolute atomic E-state index is 13.2. The summed E-state index contributed by atoms with van der Waals surface area (Å²) in [7, 11) is 0. The van der Waals surface area contributed by atoms with Gasteiger partial charge in [0, 0.05) is 15.8 Å². The zero-order valence-electron chi connectivity index (χ0n) is 16.6. The van der Waals surface area contributed by atoms with Gasteiger partial charge in [0.25, 0.3) is 0 Å². The molecule has 0 aliphatic rings. The number of carbonyl (C=O) groups excluding carboxylic acids is 1. The molecule has 7 heteroatoms. The van der Waals surface area contributed by atoms with E-state index in [1.54, 1.807) is 28.8 Å². The Kier molecular flexibility index (Phi) is 7.37. The molecule has 0 N–H and O–H groups in total. The van der Waals surface area contributed by atoms with Gasteiger partial charge in [-0.05, 0) is 60.2 Å². The predicted molar refractivity (Wildman–Crippen MR) is 131 cm³/mol. The average Bonchev–Trinajstić information content (AvgIpc) is 3.19. The predicted octanol–water partition coefficient (Wildman–Crippen LogP) is 7.30. The van der Waals surface area contributed by atoms with Crippen molar-refractivity contribution in [3.8, 4) is 0 Å². The number of hydrogen-bond acceptors (Lipinski definition) is 4. The number of hydrogen-bond donors (Lipinski definition) is 0. The van der Waals surface area contributed by atoms with Crippen molar-refractivity contribution in [1.82, 2.24) is 4.98 Å². The summed E-state index contributed by atoms with van der Waals surface area (Å²) in [5.41, 5.74) is 1.96. The SMILES string of the molecule is O=C(CCCSc1ccc(F)cc1)N(Cc1ccccc1)c1nc2ccc(Br)cc2s1. The van der Waals surface area contributed by atoms with Crippen LogP contribution >= 0.6 is 39.0 Å². The summed E-state index contributed by atoms with van der Waals surface area (Å²) in [5, 5.41) is 0.716. The first-order chi connectivity index (χ1) is 15.1. The van der Waals surface area contributed by atoms with E-state index in [2.05, 4.69) is 15.9 Å². The van der Waals surface area contributed by atoms with Crippen molar-refractivity contribution in [2.24, 2.45) is 0 Å². The van der Waals surface area contributed by atoms with Gasteiger partial charge in [0.1, 0.15) is 5.82 Å². The normalized spacial score (nSPS) is 11.0. The molecule has 158 valence electrons. The molecule has 0 fully saturated rings. The van der Waals surface area contributed by atoms with Gasteiger partial charge in [-0.2, -0.15) is 0 Å². The molecule has 0 aliphatic carbocycles. The lowest BCUT2D eigenvalue weighted by Gasteiger charge is -2.20. The Hall–Kier alpha value is -2.22. The van der Waals surface area contributed by atoms with E-state index in [0.29, 0.717) is 18.1 Å². The average molecular weight is 515 g/mol. The fourth-order valence-corrected chi connectivity index (χ4v) is 5.50. The summed E-state index contributed by atoms with van der Waals surface area (Å²) < 4.78 is 15.1. The maximum Gasteiger partial charge on any atom is 0.229 e. The third-order valence-corrected chi connectivity index (χ3v) is 7.30. The lowest BCUT2D eigenvalue weighted by Crippen LogP contribution is -2.30. The number of benzene rings is 3. The summed E-state index contributed by atoms with van der Waals surface area (Å²) in [6.07, 6.45) is 1.17. The number of thiazole rings is 1. The second-order valence-corrected chi connectivity index (χ2v) is 10.1. The van der Waals surface area contributed by atoms with Crippen molar-refractivity contribution < 1.29 is 9.18 Å². The molecule has 0 aliphatic heterocycles. The highest BCUT2D eigenvalue weighted by Gasteiger charge is 2.20. The van der Waals surface area contributed by atoms with E-state index in [1.807, 2.05) is 48.5 Å². The highest BCUT2D eigenvalue weighted by molar-refractivity contribution is 9.10. The van der Waals surface area contributed by atoms with Crippen LogP contribution in [0.3, 0.4) is 0 Å². The van der Waals surface area contributed by atoms with Crippen LogP contribution in [0.4, 0.5) is 9.52 Å². The van der Waals surface area contributed by atoms with Crippen LogP contribution in [0.1, 0.15) is 18.4 Å². The first kappa shape index (κ1) is 22.0. The second-order valence-electron chi connectivity index (χ2n) is 6.98. The van der Waals surface area contributed by atoms with Crippen molar-refractivity contribution in [1.29, 1.82) is 0 Å². The maximum atomic E-state index is 13.2.